The minimum atomic E-state index is -4.07. The minimum Gasteiger partial charge on any atom is -0.478 e. The number of benzene rings is 1. The summed E-state index contributed by atoms with van der Waals surface area (Å²) in [6.45, 7) is 1.87. The van der Waals surface area contributed by atoms with Crippen molar-refractivity contribution in [2.75, 3.05) is 6.54 Å². The van der Waals surface area contributed by atoms with Gasteiger partial charge in [0.15, 0.2) is 5.82 Å². The van der Waals surface area contributed by atoms with Gasteiger partial charge in [0.2, 0.25) is 10.0 Å². The lowest BCUT2D eigenvalue weighted by molar-refractivity contribution is 0.0691. The Labute approximate surface area is 109 Å². The average Bonchev–Trinajstić information content (AvgIpc) is 2.25. The summed E-state index contributed by atoms with van der Waals surface area (Å²) in [5, 5.41) is 8.42. The van der Waals surface area contributed by atoms with Crippen LogP contribution in [0.25, 0.3) is 0 Å². The average molecular weight is 296 g/mol. The van der Waals surface area contributed by atoms with E-state index in [2.05, 4.69) is 4.72 Å². The molecule has 0 aliphatic carbocycles. The van der Waals surface area contributed by atoms with Crippen LogP contribution < -0.4 is 4.72 Å². The van der Waals surface area contributed by atoms with Crippen molar-refractivity contribution >= 4 is 27.6 Å². The van der Waals surface area contributed by atoms with Crippen molar-refractivity contribution in [2.45, 2.75) is 18.2 Å². The Hall–Kier alpha value is -1.18. The molecule has 8 heteroatoms. The van der Waals surface area contributed by atoms with E-state index in [0.717, 1.165) is 12.1 Å². The largest absolute Gasteiger partial charge is 0.478 e. The Morgan fingerprint density at radius 3 is 2.61 bits per heavy atom. The van der Waals surface area contributed by atoms with Gasteiger partial charge in [-0.2, -0.15) is 0 Å². The van der Waals surface area contributed by atoms with Gasteiger partial charge < -0.3 is 5.11 Å². The first kappa shape index (κ1) is 14.9. The Balaban J connectivity index is 3.36. The lowest BCUT2D eigenvalue weighted by Crippen LogP contribution is -2.26. The van der Waals surface area contributed by atoms with E-state index < -0.39 is 32.3 Å². The second-order valence-corrected chi connectivity index (χ2v) is 5.58. The molecule has 0 aliphatic rings. The van der Waals surface area contributed by atoms with Crippen molar-refractivity contribution in [1.29, 1.82) is 0 Å². The van der Waals surface area contributed by atoms with Crippen LogP contribution in [0.4, 0.5) is 4.39 Å². The monoisotopic (exact) mass is 295 g/mol. The molecule has 100 valence electrons. The number of halogens is 2. The second kappa shape index (κ2) is 5.64. The van der Waals surface area contributed by atoms with Gasteiger partial charge >= 0.3 is 5.97 Å². The van der Waals surface area contributed by atoms with E-state index in [9.17, 15) is 17.6 Å². The van der Waals surface area contributed by atoms with Crippen LogP contribution in [-0.4, -0.2) is 26.0 Å². The molecule has 0 heterocycles. The smallest absolute Gasteiger partial charge is 0.340 e. The highest BCUT2D eigenvalue weighted by atomic mass is 35.5. The van der Waals surface area contributed by atoms with Gasteiger partial charge in [-0.1, -0.05) is 18.5 Å². The summed E-state index contributed by atoms with van der Waals surface area (Å²) in [5.74, 6) is -2.98. The molecular formula is C10H11ClFNO4S. The van der Waals surface area contributed by atoms with E-state index in [0.29, 0.717) is 6.42 Å². The zero-order valence-electron chi connectivity index (χ0n) is 9.41. The molecule has 2 N–H and O–H groups in total. The zero-order valence-corrected chi connectivity index (χ0v) is 11.0. The normalized spacial score (nSPS) is 11.5. The van der Waals surface area contributed by atoms with Crippen LogP contribution in [0.15, 0.2) is 17.0 Å². The van der Waals surface area contributed by atoms with Crippen LogP contribution in [0.5, 0.6) is 0 Å². The highest BCUT2D eigenvalue weighted by Gasteiger charge is 2.25. The molecular weight excluding hydrogens is 285 g/mol. The molecule has 0 aliphatic heterocycles. The van der Waals surface area contributed by atoms with E-state index in [1.807, 2.05) is 0 Å². The van der Waals surface area contributed by atoms with Crippen molar-refractivity contribution < 1.29 is 22.7 Å². The number of hydrogen-bond donors (Lipinski definition) is 2. The van der Waals surface area contributed by atoms with Gasteiger partial charge in [0.05, 0.1) is 5.02 Å². The van der Waals surface area contributed by atoms with Gasteiger partial charge in [0, 0.05) is 6.54 Å². The molecule has 0 saturated carbocycles. The Bertz CT molecular complexity index is 573. The van der Waals surface area contributed by atoms with Gasteiger partial charge in [-0.3, -0.25) is 0 Å². The summed E-state index contributed by atoms with van der Waals surface area (Å²) in [6.07, 6.45) is 0.528. The Morgan fingerprint density at radius 1 is 1.50 bits per heavy atom. The van der Waals surface area contributed by atoms with Crippen molar-refractivity contribution in [3.05, 3.63) is 28.5 Å². The third-order valence-corrected chi connectivity index (χ3v) is 3.89. The molecule has 0 fully saturated rings. The lowest BCUT2D eigenvalue weighted by atomic mass is 10.2. The number of hydrogen-bond acceptors (Lipinski definition) is 3. The maximum absolute atomic E-state index is 13.8. The molecule has 0 atom stereocenters. The first-order valence-corrected chi connectivity index (χ1v) is 6.88. The van der Waals surface area contributed by atoms with Gasteiger partial charge in [-0.05, 0) is 18.6 Å². The predicted octanol–water partition coefficient (Wildman–Crippen LogP) is 1.87. The molecule has 5 nitrogen and oxygen atoms in total. The Morgan fingerprint density at radius 2 is 2.11 bits per heavy atom. The van der Waals surface area contributed by atoms with Crippen LogP contribution in [0.2, 0.25) is 5.02 Å². The second-order valence-electron chi connectivity index (χ2n) is 3.44. The molecule has 1 aromatic carbocycles. The van der Waals surface area contributed by atoms with Crippen molar-refractivity contribution in [3.8, 4) is 0 Å². The predicted molar refractivity (Wildman–Crippen MR) is 63.8 cm³/mol. The summed E-state index contributed by atoms with van der Waals surface area (Å²) in [6, 6.07) is 1.97. The number of carboxylic acids is 1. The molecule has 0 spiro atoms. The molecule has 0 amide bonds. The number of aromatic carboxylic acids is 1. The summed E-state index contributed by atoms with van der Waals surface area (Å²) in [4.78, 5) is 10.1. The first-order valence-electron chi connectivity index (χ1n) is 5.02. The fourth-order valence-electron chi connectivity index (χ4n) is 1.25. The fourth-order valence-corrected chi connectivity index (χ4v) is 2.69. The molecule has 1 aromatic rings. The maximum Gasteiger partial charge on any atom is 0.340 e. The SMILES string of the molecule is CCCNS(=O)(=O)c1ccc(Cl)c(C(=O)O)c1F. The van der Waals surface area contributed by atoms with Crippen LogP contribution in [-0.2, 0) is 10.0 Å². The van der Waals surface area contributed by atoms with Crippen LogP contribution in [0, 0.1) is 5.82 Å². The van der Waals surface area contributed by atoms with Crippen LogP contribution in [0.1, 0.15) is 23.7 Å². The van der Waals surface area contributed by atoms with E-state index in [1.54, 1.807) is 6.92 Å². The van der Waals surface area contributed by atoms with E-state index in [1.165, 1.54) is 0 Å². The first-order chi connectivity index (χ1) is 8.31. The van der Waals surface area contributed by atoms with Crippen LogP contribution >= 0.6 is 11.6 Å². The van der Waals surface area contributed by atoms with Gasteiger partial charge in [-0.15, -0.1) is 0 Å². The van der Waals surface area contributed by atoms with Gasteiger partial charge in [-0.25, -0.2) is 22.3 Å². The molecule has 0 saturated heterocycles. The third kappa shape index (κ3) is 2.98. The maximum atomic E-state index is 13.8. The molecule has 0 radical (unpaired) electrons. The third-order valence-electron chi connectivity index (χ3n) is 2.10. The Kier molecular flexibility index (Phi) is 4.66. The van der Waals surface area contributed by atoms with E-state index >= 15 is 0 Å². The lowest BCUT2D eigenvalue weighted by Gasteiger charge is -2.09. The van der Waals surface area contributed by atoms with Crippen molar-refractivity contribution in [1.82, 2.24) is 4.72 Å². The minimum absolute atomic E-state index is 0.132. The summed E-state index contributed by atoms with van der Waals surface area (Å²) < 4.78 is 39.4. The number of nitrogens with one attached hydrogen (secondary N) is 1. The molecule has 0 aromatic heterocycles. The molecule has 0 unspecified atom stereocenters. The van der Waals surface area contributed by atoms with Gasteiger partial charge in [0.25, 0.3) is 0 Å². The highest BCUT2D eigenvalue weighted by molar-refractivity contribution is 7.89. The standard InChI is InChI=1S/C10H11ClFNO4S/c1-2-5-13-18(16,17)7-4-3-6(11)8(9(7)12)10(14)15/h3-4,13H,2,5H2,1H3,(H,14,15). The zero-order chi connectivity index (χ0) is 13.9. The quantitative estimate of drug-likeness (QED) is 0.868. The van der Waals surface area contributed by atoms with Crippen LogP contribution in [0.3, 0.4) is 0 Å². The number of carbonyl (C=O) groups is 1. The molecule has 1 rings (SSSR count). The van der Waals surface area contributed by atoms with Crippen molar-refractivity contribution in [3.63, 3.8) is 0 Å². The fraction of sp³-hybridized carbons (Fsp3) is 0.300. The molecule has 0 bridgehead atoms. The van der Waals surface area contributed by atoms with E-state index in [-0.39, 0.29) is 11.6 Å². The molecule has 18 heavy (non-hydrogen) atoms. The van der Waals surface area contributed by atoms with E-state index in [4.69, 9.17) is 16.7 Å². The number of carboxylic acid groups (broad SMARTS) is 1. The van der Waals surface area contributed by atoms with Gasteiger partial charge in [0.1, 0.15) is 10.5 Å². The highest BCUT2D eigenvalue weighted by Crippen LogP contribution is 2.25. The topological polar surface area (TPSA) is 83.5 Å². The summed E-state index contributed by atoms with van der Waals surface area (Å²) >= 11 is 5.51. The summed E-state index contributed by atoms with van der Waals surface area (Å²) in [7, 11) is -4.07. The number of sulfonamides is 1. The van der Waals surface area contributed by atoms with Crippen molar-refractivity contribution in [2.24, 2.45) is 0 Å². The summed E-state index contributed by atoms with van der Waals surface area (Å²) in [5.41, 5.74) is -0.851. The number of rotatable bonds is 5.